The highest BCUT2D eigenvalue weighted by Gasteiger charge is 2.24. The van der Waals surface area contributed by atoms with E-state index in [1.807, 2.05) is 0 Å². The lowest BCUT2D eigenvalue weighted by Crippen LogP contribution is -2.40. The minimum absolute atomic E-state index is 0.00217. The Balaban J connectivity index is 2.39. The highest BCUT2D eigenvalue weighted by atomic mass is 28.3. The summed E-state index contributed by atoms with van der Waals surface area (Å²) in [7, 11) is -1.15. The molecule has 0 bridgehead atoms. The molecule has 0 atom stereocenters. The highest BCUT2D eigenvalue weighted by molar-refractivity contribution is 6.80. The molecule has 0 unspecified atom stereocenters. The van der Waals surface area contributed by atoms with Gasteiger partial charge < -0.3 is 0 Å². The summed E-state index contributed by atoms with van der Waals surface area (Å²) in [5, 5.41) is 0. The Bertz CT molecular complexity index is 289. The van der Waals surface area contributed by atoms with Crippen molar-refractivity contribution in [1.29, 1.82) is 0 Å². The van der Waals surface area contributed by atoms with E-state index < -0.39 is 8.07 Å². The molecule has 0 aromatic heterocycles. The van der Waals surface area contributed by atoms with Gasteiger partial charge in [-0.3, -0.25) is 14.5 Å². The molecule has 0 aromatic rings. The molecule has 2 amide bonds. The molecule has 0 aromatic carbocycles. The summed E-state index contributed by atoms with van der Waals surface area (Å²) in [6, 6.07) is 0. The van der Waals surface area contributed by atoms with Gasteiger partial charge in [0.1, 0.15) is 0 Å². The second-order valence-corrected chi connectivity index (χ2v) is 10.4. The zero-order valence-corrected chi connectivity index (χ0v) is 11.5. The van der Waals surface area contributed by atoms with E-state index in [2.05, 4.69) is 31.4 Å². The van der Waals surface area contributed by atoms with E-state index >= 15 is 0 Å². The minimum Gasteiger partial charge on any atom is -0.282 e. The van der Waals surface area contributed by atoms with Gasteiger partial charge in [0.2, 0.25) is 11.8 Å². The van der Waals surface area contributed by atoms with Crippen molar-refractivity contribution in [3.8, 4) is 0 Å². The summed E-state index contributed by atoms with van der Waals surface area (Å²) in [5.74, 6) is -0.00435. The van der Waals surface area contributed by atoms with E-state index in [0.29, 0.717) is 19.4 Å². The molecule has 1 rings (SSSR count). The maximum absolute atomic E-state index is 11.5. The van der Waals surface area contributed by atoms with Gasteiger partial charge in [-0.1, -0.05) is 31.4 Å². The lowest BCUT2D eigenvalue weighted by molar-refractivity contribution is -0.147. The van der Waals surface area contributed by atoms with E-state index in [1.165, 1.54) is 4.90 Å². The van der Waals surface area contributed by atoms with Gasteiger partial charge in [-0.25, -0.2) is 0 Å². The number of carbonyl (C=O) groups is 2. The number of likely N-dealkylation sites (tertiary alicyclic amines) is 1. The predicted octanol–water partition coefficient (Wildman–Crippen LogP) is 2.35. The first-order valence-corrected chi connectivity index (χ1v) is 9.49. The summed E-state index contributed by atoms with van der Waals surface area (Å²) in [5.41, 5.74) is 2.26. The van der Waals surface area contributed by atoms with Crippen molar-refractivity contribution in [2.24, 2.45) is 0 Å². The minimum atomic E-state index is -1.15. The van der Waals surface area contributed by atoms with Crippen molar-refractivity contribution in [2.45, 2.75) is 45.3 Å². The average molecular weight is 239 g/mol. The fourth-order valence-corrected chi connectivity index (χ4v) is 2.56. The molecule has 3 nitrogen and oxygen atoms in total. The number of carbonyl (C=O) groups excluding carboxylic acids is 2. The Kier molecular flexibility index (Phi) is 4.47. The standard InChI is InChI=1S/C12H21NO2Si/c1-16(2,3)10-5-4-9-13-11(14)7-6-8-12(13)15/h5,10H,4,6-9H2,1-3H3/b10-5+. The first-order chi connectivity index (χ1) is 7.40. The lowest BCUT2D eigenvalue weighted by Gasteiger charge is -2.24. The first-order valence-electron chi connectivity index (χ1n) is 5.91. The monoisotopic (exact) mass is 239 g/mol. The molecule has 1 heterocycles. The van der Waals surface area contributed by atoms with Crippen LogP contribution in [0, 0.1) is 0 Å². The third-order valence-electron chi connectivity index (χ3n) is 2.52. The Morgan fingerprint density at radius 2 is 1.75 bits per heavy atom. The SMILES string of the molecule is C[Si](C)(C)/C=C/CCN1C(=O)CCCC1=O. The molecule has 90 valence electrons. The van der Waals surface area contributed by atoms with E-state index in [9.17, 15) is 9.59 Å². The fourth-order valence-electron chi connectivity index (χ4n) is 1.69. The Labute approximate surface area is 98.5 Å². The van der Waals surface area contributed by atoms with Crippen molar-refractivity contribution in [1.82, 2.24) is 4.90 Å². The van der Waals surface area contributed by atoms with Crippen LogP contribution in [-0.2, 0) is 9.59 Å². The molecular weight excluding hydrogens is 218 g/mol. The van der Waals surface area contributed by atoms with E-state index in [4.69, 9.17) is 0 Å². The van der Waals surface area contributed by atoms with Gasteiger partial charge in [-0.15, -0.1) is 0 Å². The number of amides is 2. The van der Waals surface area contributed by atoms with Crippen molar-refractivity contribution in [2.75, 3.05) is 6.54 Å². The molecule has 0 spiro atoms. The van der Waals surface area contributed by atoms with Gasteiger partial charge in [0, 0.05) is 19.4 Å². The van der Waals surface area contributed by atoms with E-state index in [-0.39, 0.29) is 11.8 Å². The summed E-state index contributed by atoms with van der Waals surface area (Å²) in [6.45, 7) is 7.35. The van der Waals surface area contributed by atoms with Crippen molar-refractivity contribution in [3.63, 3.8) is 0 Å². The fraction of sp³-hybridized carbons (Fsp3) is 0.667. The number of rotatable bonds is 4. The Morgan fingerprint density at radius 3 is 2.25 bits per heavy atom. The van der Waals surface area contributed by atoms with Crippen LogP contribution in [0.3, 0.4) is 0 Å². The molecule has 0 radical (unpaired) electrons. The Hall–Kier alpha value is -0.903. The van der Waals surface area contributed by atoms with Gasteiger partial charge >= 0.3 is 0 Å². The zero-order chi connectivity index (χ0) is 12.2. The van der Waals surface area contributed by atoms with E-state index in [0.717, 1.165) is 12.8 Å². The van der Waals surface area contributed by atoms with Crippen LogP contribution in [0.5, 0.6) is 0 Å². The lowest BCUT2D eigenvalue weighted by atomic mass is 10.1. The van der Waals surface area contributed by atoms with Crippen molar-refractivity contribution < 1.29 is 9.59 Å². The average Bonchev–Trinajstić information content (AvgIpc) is 2.14. The smallest absolute Gasteiger partial charge is 0.229 e. The van der Waals surface area contributed by atoms with Gasteiger partial charge in [-0.05, 0) is 12.8 Å². The van der Waals surface area contributed by atoms with Gasteiger partial charge in [0.15, 0.2) is 0 Å². The van der Waals surface area contributed by atoms with Crippen LogP contribution in [0.2, 0.25) is 19.6 Å². The van der Waals surface area contributed by atoms with Crippen LogP contribution in [0.1, 0.15) is 25.7 Å². The third-order valence-corrected chi connectivity index (χ3v) is 3.76. The molecule has 0 saturated carbocycles. The van der Waals surface area contributed by atoms with Crippen LogP contribution >= 0.6 is 0 Å². The molecule has 1 aliphatic rings. The maximum Gasteiger partial charge on any atom is 0.229 e. The van der Waals surface area contributed by atoms with Crippen LogP contribution in [0.25, 0.3) is 0 Å². The second-order valence-electron chi connectivity index (χ2n) is 5.35. The highest BCUT2D eigenvalue weighted by Crippen LogP contribution is 2.12. The molecule has 1 saturated heterocycles. The largest absolute Gasteiger partial charge is 0.282 e. The predicted molar refractivity (Wildman–Crippen MR) is 67.7 cm³/mol. The molecule has 1 aliphatic heterocycles. The number of imide groups is 1. The summed E-state index contributed by atoms with van der Waals surface area (Å²) in [6.07, 6.45) is 4.69. The second kappa shape index (κ2) is 5.43. The van der Waals surface area contributed by atoms with Crippen LogP contribution in [0.4, 0.5) is 0 Å². The quantitative estimate of drug-likeness (QED) is 0.558. The Morgan fingerprint density at radius 1 is 1.19 bits per heavy atom. The summed E-state index contributed by atoms with van der Waals surface area (Å²) >= 11 is 0. The zero-order valence-electron chi connectivity index (χ0n) is 10.5. The molecule has 0 N–H and O–H groups in total. The molecular formula is C12H21NO2Si. The van der Waals surface area contributed by atoms with Crippen LogP contribution in [0.15, 0.2) is 11.8 Å². The van der Waals surface area contributed by atoms with Gasteiger partial charge in [0.05, 0.1) is 8.07 Å². The number of piperidine rings is 1. The third kappa shape index (κ3) is 4.31. The maximum atomic E-state index is 11.5. The van der Waals surface area contributed by atoms with Crippen molar-refractivity contribution >= 4 is 19.9 Å². The normalized spacial score (nSPS) is 18.6. The van der Waals surface area contributed by atoms with Crippen LogP contribution in [-0.4, -0.2) is 31.3 Å². The number of nitrogens with zero attached hydrogens (tertiary/aromatic N) is 1. The molecule has 16 heavy (non-hydrogen) atoms. The number of hydrogen-bond acceptors (Lipinski definition) is 2. The van der Waals surface area contributed by atoms with Gasteiger partial charge in [0.25, 0.3) is 0 Å². The molecule has 1 fully saturated rings. The summed E-state index contributed by atoms with van der Waals surface area (Å²) in [4.78, 5) is 24.4. The summed E-state index contributed by atoms with van der Waals surface area (Å²) < 4.78 is 0. The molecule has 0 aliphatic carbocycles. The van der Waals surface area contributed by atoms with Gasteiger partial charge in [-0.2, -0.15) is 0 Å². The van der Waals surface area contributed by atoms with E-state index in [1.54, 1.807) is 0 Å². The first kappa shape index (κ1) is 13.2. The topological polar surface area (TPSA) is 37.4 Å². The van der Waals surface area contributed by atoms with Crippen molar-refractivity contribution in [3.05, 3.63) is 11.8 Å². The molecule has 4 heteroatoms. The van der Waals surface area contributed by atoms with Crippen LogP contribution < -0.4 is 0 Å². The number of hydrogen-bond donors (Lipinski definition) is 0.